The van der Waals surface area contributed by atoms with Crippen molar-refractivity contribution in [3.8, 4) is 0 Å². The van der Waals surface area contributed by atoms with Crippen LogP contribution in [0, 0.1) is 0 Å². The van der Waals surface area contributed by atoms with Gasteiger partial charge < -0.3 is 5.32 Å². The van der Waals surface area contributed by atoms with Gasteiger partial charge in [-0.1, -0.05) is 42.5 Å². The first-order valence-corrected chi connectivity index (χ1v) is 9.47. The number of carbonyl (C=O) groups is 2. The Bertz CT molecular complexity index is 897. The number of amidine groups is 1. The number of fused-ring (bicyclic) bond motifs is 1. The third-order valence-electron chi connectivity index (χ3n) is 4.99. The van der Waals surface area contributed by atoms with Gasteiger partial charge in [0, 0.05) is 26.2 Å². The van der Waals surface area contributed by atoms with Crippen molar-refractivity contribution in [3.63, 3.8) is 0 Å². The molecule has 2 aromatic rings. The van der Waals surface area contributed by atoms with E-state index in [2.05, 4.69) is 44.9 Å². The Morgan fingerprint density at radius 3 is 2.64 bits per heavy atom. The SMILES string of the molecule is O=C(NCCN1CCc2ccccc2C1)C1=NCC(=O)N(c2ccccc2)N1. The van der Waals surface area contributed by atoms with E-state index in [9.17, 15) is 9.59 Å². The van der Waals surface area contributed by atoms with Crippen LogP contribution in [-0.2, 0) is 22.6 Å². The maximum Gasteiger partial charge on any atom is 0.288 e. The number of carbonyl (C=O) groups excluding carboxylic acids is 2. The molecular formula is C21H23N5O2. The van der Waals surface area contributed by atoms with Gasteiger partial charge >= 0.3 is 0 Å². The summed E-state index contributed by atoms with van der Waals surface area (Å²) in [4.78, 5) is 31.0. The van der Waals surface area contributed by atoms with Gasteiger partial charge in [-0.2, -0.15) is 0 Å². The molecule has 2 aromatic carbocycles. The normalized spacial score (nSPS) is 16.8. The number of anilines is 1. The fraction of sp³-hybridized carbons (Fsp3) is 0.286. The van der Waals surface area contributed by atoms with Crippen molar-refractivity contribution in [1.29, 1.82) is 0 Å². The fourth-order valence-electron chi connectivity index (χ4n) is 3.49. The van der Waals surface area contributed by atoms with Crippen LogP contribution in [0.25, 0.3) is 0 Å². The molecule has 2 aliphatic rings. The lowest BCUT2D eigenvalue weighted by Crippen LogP contribution is -2.56. The van der Waals surface area contributed by atoms with Gasteiger partial charge in [0.2, 0.25) is 5.84 Å². The molecule has 2 N–H and O–H groups in total. The van der Waals surface area contributed by atoms with Crippen molar-refractivity contribution < 1.29 is 9.59 Å². The summed E-state index contributed by atoms with van der Waals surface area (Å²) in [5, 5.41) is 4.26. The Kier molecular flexibility index (Phi) is 5.34. The quantitative estimate of drug-likeness (QED) is 0.818. The summed E-state index contributed by atoms with van der Waals surface area (Å²) in [6, 6.07) is 17.7. The van der Waals surface area contributed by atoms with Gasteiger partial charge in [0.25, 0.3) is 11.8 Å². The predicted octanol–water partition coefficient (Wildman–Crippen LogP) is 1.11. The molecule has 7 heteroatoms. The van der Waals surface area contributed by atoms with Crippen LogP contribution in [0.5, 0.6) is 0 Å². The van der Waals surface area contributed by atoms with Crippen LogP contribution < -0.4 is 15.8 Å². The molecule has 4 rings (SSSR count). The number of rotatable bonds is 5. The standard InChI is InChI=1S/C21H23N5O2/c27-19-14-23-20(24-26(19)18-8-2-1-3-9-18)21(28)22-11-13-25-12-10-16-6-4-5-7-17(16)15-25/h1-9H,10-15H2,(H,22,28)(H,23,24). The Balaban J connectivity index is 1.29. The number of nitrogens with zero attached hydrogens (tertiary/aromatic N) is 3. The van der Waals surface area contributed by atoms with Crippen LogP contribution in [0.3, 0.4) is 0 Å². The molecule has 2 aliphatic heterocycles. The molecule has 0 unspecified atom stereocenters. The van der Waals surface area contributed by atoms with E-state index in [1.165, 1.54) is 16.1 Å². The summed E-state index contributed by atoms with van der Waals surface area (Å²) in [6.45, 7) is 3.15. The molecule has 0 radical (unpaired) electrons. The van der Waals surface area contributed by atoms with Crippen molar-refractivity contribution in [2.45, 2.75) is 13.0 Å². The highest BCUT2D eigenvalue weighted by molar-refractivity contribution is 6.39. The van der Waals surface area contributed by atoms with Crippen LogP contribution in [-0.4, -0.2) is 48.7 Å². The minimum absolute atomic E-state index is 0.0481. The molecule has 2 heterocycles. The maximum absolute atomic E-state index is 12.5. The largest absolute Gasteiger partial charge is 0.348 e. The van der Waals surface area contributed by atoms with Gasteiger partial charge in [-0.3, -0.25) is 24.9 Å². The van der Waals surface area contributed by atoms with E-state index in [-0.39, 0.29) is 24.2 Å². The van der Waals surface area contributed by atoms with Crippen LogP contribution in [0.4, 0.5) is 5.69 Å². The third kappa shape index (κ3) is 4.04. The highest BCUT2D eigenvalue weighted by atomic mass is 16.2. The number of amides is 2. The topological polar surface area (TPSA) is 77.0 Å². The molecule has 28 heavy (non-hydrogen) atoms. The van der Waals surface area contributed by atoms with Gasteiger partial charge in [0.05, 0.1) is 5.69 Å². The maximum atomic E-state index is 12.5. The van der Waals surface area contributed by atoms with Crippen LogP contribution in [0.1, 0.15) is 11.1 Å². The van der Waals surface area contributed by atoms with E-state index in [0.717, 1.165) is 26.1 Å². The Morgan fingerprint density at radius 2 is 1.82 bits per heavy atom. The molecule has 7 nitrogen and oxygen atoms in total. The van der Waals surface area contributed by atoms with E-state index in [1.54, 1.807) is 12.1 Å². The molecule has 0 aliphatic carbocycles. The molecule has 0 aromatic heterocycles. The van der Waals surface area contributed by atoms with Crippen LogP contribution in [0.15, 0.2) is 59.6 Å². The molecule has 0 atom stereocenters. The van der Waals surface area contributed by atoms with Crippen molar-refractivity contribution in [2.24, 2.45) is 4.99 Å². The Hall–Kier alpha value is -3.19. The zero-order valence-electron chi connectivity index (χ0n) is 15.6. The highest BCUT2D eigenvalue weighted by Crippen LogP contribution is 2.17. The number of hydrazine groups is 1. The predicted molar refractivity (Wildman–Crippen MR) is 108 cm³/mol. The minimum Gasteiger partial charge on any atom is -0.348 e. The number of hydrogen-bond donors (Lipinski definition) is 2. The smallest absolute Gasteiger partial charge is 0.288 e. The van der Waals surface area contributed by atoms with Gasteiger partial charge in [0.15, 0.2) is 0 Å². The summed E-state index contributed by atoms with van der Waals surface area (Å²) in [7, 11) is 0. The summed E-state index contributed by atoms with van der Waals surface area (Å²) in [5.41, 5.74) is 6.28. The van der Waals surface area contributed by atoms with E-state index in [0.29, 0.717) is 12.2 Å². The van der Waals surface area contributed by atoms with E-state index in [4.69, 9.17) is 0 Å². The number of hydrogen-bond acceptors (Lipinski definition) is 5. The molecule has 0 saturated heterocycles. The first kappa shape index (κ1) is 18.2. The molecule has 144 valence electrons. The summed E-state index contributed by atoms with van der Waals surface area (Å²) < 4.78 is 0. The summed E-state index contributed by atoms with van der Waals surface area (Å²) >= 11 is 0. The highest BCUT2D eigenvalue weighted by Gasteiger charge is 2.25. The molecular weight excluding hydrogens is 354 g/mol. The second kappa shape index (κ2) is 8.22. The van der Waals surface area contributed by atoms with Gasteiger partial charge in [-0.15, -0.1) is 0 Å². The van der Waals surface area contributed by atoms with Crippen molar-refractivity contribution >= 4 is 23.3 Å². The zero-order chi connectivity index (χ0) is 19.3. The molecule has 0 bridgehead atoms. The first-order valence-electron chi connectivity index (χ1n) is 9.47. The van der Waals surface area contributed by atoms with Crippen LogP contribution >= 0.6 is 0 Å². The van der Waals surface area contributed by atoms with E-state index < -0.39 is 0 Å². The van der Waals surface area contributed by atoms with Crippen LogP contribution in [0.2, 0.25) is 0 Å². The molecule has 0 fully saturated rings. The Labute approximate surface area is 164 Å². The van der Waals surface area contributed by atoms with E-state index >= 15 is 0 Å². The lowest BCUT2D eigenvalue weighted by atomic mass is 10.00. The fourth-order valence-corrected chi connectivity index (χ4v) is 3.49. The van der Waals surface area contributed by atoms with Gasteiger partial charge in [-0.05, 0) is 29.7 Å². The molecule has 2 amide bonds. The average Bonchev–Trinajstić information content (AvgIpc) is 2.74. The summed E-state index contributed by atoms with van der Waals surface area (Å²) in [6.07, 6.45) is 1.03. The molecule has 0 spiro atoms. The van der Waals surface area contributed by atoms with Gasteiger partial charge in [0.1, 0.15) is 6.54 Å². The summed E-state index contributed by atoms with van der Waals surface area (Å²) in [5.74, 6) is -0.340. The van der Waals surface area contributed by atoms with Gasteiger partial charge in [-0.25, -0.2) is 5.01 Å². The first-order chi connectivity index (χ1) is 13.7. The monoisotopic (exact) mass is 377 g/mol. The van der Waals surface area contributed by atoms with Crippen molar-refractivity contribution in [2.75, 3.05) is 31.2 Å². The van der Waals surface area contributed by atoms with Crippen molar-refractivity contribution in [1.82, 2.24) is 15.6 Å². The number of aliphatic imine (C=N–C) groups is 1. The second-order valence-electron chi connectivity index (χ2n) is 6.89. The lowest BCUT2D eigenvalue weighted by Gasteiger charge is -2.29. The number of benzene rings is 2. The third-order valence-corrected chi connectivity index (χ3v) is 4.99. The average molecular weight is 377 g/mol. The second-order valence-corrected chi connectivity index (χ2v) is 6.89. The number of para-hydroxylation sites is 1. The van der Waals surface area contributed by atoms with E-state index in [1.807, 2.05) is 18.2 Å². The Morgan fingerprint density at radius 1 is 1.07 bits per heavy atom. The number of nitrogens with one attached hydrogen (secondary N) is 2. The zero-order valence-corrected chi connectivity index (χ0v) is 15.6. The lowest BCUT2D eigenvalue weighted by molar-refractivity contribution is -0.118. The molecule has 0 saturated carbocycles. The minimum atomic E-state index is -0.300. The van der Waals surface area contributed by atoms with Crippen molar-refractivity contribution in [3.05, 3.63) is 65.7 Å².